The summed E-state index contributed by atoms with van der Waals surface area (Å²) in [5.74, 6) is -1.52. The van der Waals surface area contributed by atoms with Gasteiger partial charge in [0.05, 0.1) is 13.1 Å². The van der Waals surface area contributed by atoms with Crippen molar-refractivity contribution in [2.75, 3.05) is 13.1 Å². The Labute approximate surface area is 150 Å². The molecule has 1 heterocycles. The number of para-hydroxylation sites is 1. The van der Waals surface area contributed by atoms with Crippen LogP contribution in [-0.2, 0) is 9.59 Å². The van der Waals surface area contributed by atoms with Gasteiger partial charge in [-0.3, -0.25) is 19.2 Å². The molecule has 1 aromatic heterocycles. The fraction of sp³-hybridized carbons (Fsp3) is 0.333. The van der Waals surface area contributed by atoms with Gasteiger partial charge in [-0.2, -0.15) is 0 Å². The highest BCUT2D eigenvalue weighted by Crippen LogP contribution is 2.06. The van der Waals surface area contributed by atoms with Crippen molar-refractivity contribution in [1.82, 2.24) is 20.9 Å². The molecule has 0 aliphatic heterocycles. The van der Waals surface area contributed by atoms with Crippen LogP contribution in [0.5, 0.6) is 0 Å². The summed E-state index contributed by atoms with van der Waals surface area (Å²) in [6.07, 6.45) is 1.31. The Hall–Kier alpha value is -3.16. The quantitative estimate of drug-likeness (QED) is 0.614. The Morgan fingerprint density at radius 1 is 1.00 bits per heavy atom. The number of amides is 3. The summed E-state index contributed by atoms with van der Waals surface area (Å²) >= 11 is 0. The molecule has 8 heteroatoms. The number of hydrogen-bond donors (Lipinski definition) is 4. The Kier molecular flexibility index (Phi) is 5.76. The second-order valence-electron chi connectivity index (χ2n) is 6.83. The zero-order valence-electron chi connectivity index (χ0n) is 14.9. The van der Waals surface area contributed by atoms with E-state index in [1.165, 1.54) is 6.20 Å². The topological polar surface area (TPSA) is 120 Å². The highest BCUT2D eigenvalue weighted by atomic mass is 16.2. The number of aromatic nitrogens is 1. The lowest BCUT2D eigenvalue weighted by Crippen LogP contribution is -2.47. The van der Waals surface area contributed by atoms with Crippen LogP contribution in [0.3, 0.4) is 0 Å². The molecule has 0 atom stereocenters. The lowest BCUT2D eigenvalue weighted by Gasteiger charge is -2.20. The van der Waals surface area contributed by atoms with Crippen molar-refractivity contribution >= 4 is 28.6 Å². The van der Waals surface area contributed by atoms with Crippen molar-refractivity contribution in [1.29, 1.82) is 0 Å². The van der Waals surface area contributed by atoms with E-state index >= 15 is 0 Å². The third-order valence-electron chi connectivity index (χ3n) is 3.40. The molecule has 0 saturated carbocycles. The van der Waals surface area contributed by atoms with Crippen LogP contribution < -0.4 is 21.4 Å². The van der Waals surface area contributed by atoms with Gasteiger partial charge >= 0.3 is 0 Å². The molecule has 0 spiro atoms. The van der Waals surface area contributed by atoms with Crippen LogP contribution in [0.1, 0.15) is 31.1 Å². The van der Waals surface area contributed by atoms with Gasteiger partial charge in [0.25, 0.3) is 5.91 Å². The number of carbonyl (C=O) groups excluding carboxylic acids is 3. The maximum atomic E-state index is 12.3. The molecule has 0 aliphatic carbocycles. The van der Waals surface area contributed by atoms with E-state index in [-0.39, 0.29) is 24.6 Å². The lowest BCUT2D eigenvalue weighted by molar-refractivity contribution is -0.126. The molecule has 0 unspecified atom stereocenters. The molecule has 0 radical (unpaired) electrons. The van der Waals surface area contributed by atoms with Gasteiger partial charge in [-0.15, -0.1) is 0 Å². The van der Waals surface area contributed by atoms with E-state index in [2.05, 4.69) is 20.9 Å². The third-order valence-corrected chi connectivity index (χ3v) is 3.40. The van der Waals surface area contributed by atoms with E-state index in [4.69, 9.17) is 0 Å². The van der Waals surface area contributed by atoms with Crippen molar-refractivity contribution in [3.05, 3.63) is 46.2 Å². The molecule has 26 heavy (non-hydrogen) atoms. The number of aromatic amines is 1. The molecule has 2 rings (SSSR count). The van der Waals surface area contributed by atoms with E-state index in [9.17, 15) is 19.2 Å². The molecule has 0 saturated heterocycles. The van der Waals surface area contributed by atoms with Gasteiger partial charge in [-0.05, 0) is 32.9 Å². The van der Waals surface area contributed by atoms with Crippen LogP contribution in [0.4, 0.5) is 0 Å². The first-order valence-electron chi connectivity index (χ1n) is 8.14. The van der Waals surface area contributed by atoms with Crippen LogP contribution in [0.15, 0.2) is 35.3 Å². The summed E-state index contributed by atoms with van der Waals surface area (Å²) in [6.45, 7) is 4.95. The second-order valence-corrected chi connectivity index (χ2v) is 6.83. The first-order valence-corrected chi connectivity index (χ1v) is 8.14. The van der Waals surface area contributed by atoms with Gasteiger partial charge in [0.2, 0.25) is 17.2 Å². The molecule has 8 nitrogen and oxygen atoms in total. The molecule has 1 aromatic carbocycles. The molecule has 3 amide bonds. The molecule has 0 aliphatic rings. The van der Waals surface area contributed by atoms with E-state index in [0.717, 1.165) is 0 Å². The maximum absolute atomic E-state index is 12.3. The van der Waals surface area contributed by atoms with Crippen molar-refractivity contribution in [3.8, 4) is 0 Å². The van der Waals surface area contributed by atoms with Gasteiger partial charge in [-0.25, -0.2) is 0 Å². The first kappa shape index (κ1) is 19.2. The van der Waals surface area contributed by atoms with E-state index in [1.807, 2.05) is 20.8 Å². The van der Waals surface area contributed by atoms with Crippen molar-refractivity contribution in [2.45, 2.75) is 26.3 Å². The molecule has 2 aromatic rings. The minimum Gasteiger partial charge on any atom is -0.360 e. The van der Waals surface area contributed by atoms with Crippen molar-refractivity contribution < 1.29 is 14.4 Å². The molecular formula is C18H22N4O4. The van der Waals surface area contributed by atoms with Crippen LogP contribution in [0.2, 0.25) is 0 Å². The Morgan fingerprint density at radius 3 is 2.35 bits per heavy atom. The zero-order valence-corrected chi connectivity index (χ0v) is 14.9. The van der Waals surface area contributed by atoms with Crippen LogP contribution in [-0.4, -0.2) is 41.3 Å². The van der Waals surface area contributed by atoms with Gasteiger partial charge in [0.1, 0.15) is 5.56 Å². The van der Waals surface area contributed by atoms with Crippen LogP contribution in [0, 0.1) is 0 Å². The fourth-order valence-electron chi connectivity index (χ4n) is 2.30. The number of pyridine rings is 1. The predicted octanol–water partition coefficient (Wildman–Crippen LogP) is 0.289. The SMILES string of the molecule is CC(C)(C)NC(=O)CNC(=O)CNC(=O)c1c[nH]c2ccccc2c1=O. The molecule has 0 bridgehead atoms. The highest BCUT2D eigenvalue weighted by molar-refractivity contribution is 5.99. The number of nitrogens with one attached hydrogen (secondary N) is 4. The standard InChI is InChI=1S/C18H22N4O4/c1-18(2,3)22-15(24)10-20-14(23)9-21-17(26)12-8-19-13-7-5-4-6-11(13)16(12)25/h4-8H,9-10H2,1-3H3,(H,19,25)(H,20,23)(H,21,26)(H,22,24). The second kappa shape index (κ2) is 7.81. The van der Waals surface area contributed by atoms with Crippen LogP contribution >= 0.6 is 0 Å². The van der Waals surface area contributed by atoms with E-state index in [1.54, 1.807) is 24.3 Å². The average Bonchev–Trinajstić information content (AvgIpc) is 2.57. The number of hydrogen-bond acceptors (Lipinski definition) is 4. The normalized spacial score (nSPS) is 11.0. The minimum absolute atomic E-state index is 0.0815. The van der Waals surface area contributed by atoms with E-state index < -0.39 is 22.8 Å². The average molecular weight is 358 g/mol. The molecule has 4 N–H and O–H groups in total. The summed E-state index contributed by atoms with van der Waals surface area (Å²) in [4.78, 5) is 50.7. The monoisotopic (exact) mass is 358 g/mol. The zero-order chi connectivity index (χ0) is 19.3. The highest BCUT2D eigenvalue weighted by Gasteiger charge is 2.16. The van der Waals surface area contributed by atoms with Gasteiger partial charge in [0, 0.05) is 22.6 Å². The van der Waals surface area contributed by atoms with Crippen LogP contribution in [0.25, 0.3) is 10.9 Å². The molecule has 0 fully saturated rings. The predicted molar refractivity (Wildman–Crippen MR) is 97.8 cm³/mol. The largest absolute Gasteiger partial charge is 0.360 e. The summed E-state index contributed by atoms with van der Waals surface area (Å²) in [5.41, 5.74) is -0.270. The van der Waals surface area contributed by atoms with Gasteiger partial charge in [0.15, 0.2) is 0 Å². The Balaban J connectivity index is 1.91. The molecule has 138 valence electrons. The Bertz CT molecular complexity index is 896. The number of H-pyrrole nitrogens is 1. The summed E-state index contributed by atoms with van der Waals surface area (Å²) in [7, 11) is 0. The van der Waals surface area contributed by atoms with Crippen molar-refractivity contribution in [2.24, 2.45) is 0 Å². The Morgan fingerprint density at radius 2 is 1.65 bits per heavy atom. The number of rotatable bonds is 5. The van der Waals surface area contributed by atoms with Crippen molar-refractivity contribution in [3.63, 3.8) is 0 Å². The maximum Gasteiger partial charge on any atom is 0.257 e. The lowest BCUT2D eigenvalue weighted by atomic mass is 10.1. The first-order chi connectivity index (χ1) is 12.2. The summed E-state index contributed by atoms with van der Waals surface area (Å²) < 4.78 is 0. The number of carbonyl (C=O) groups is 3. The van der Waals surface area contributed by atoms with E-state index in [0.29, 0.717) is 10.9 Å². The number of fused-ring (bicyclic) bond motifs is 1. The summed E-state index contributed by atoms with van der Waals surface area (Å²) in [5, 5.41) is 7.87. The van der Waals surface area contributed by atoms with Gasteiger partial charge in [-0.1, -0.05) is 12.1 Å². The minimum atomic E-state index is -0.661. The smallest absolute Gasteiger partial charge is 0.257 e. The molecular weight excluding hydrogens is 336 g/mol. The van der Waals surface area contributed by atoms with Gasteiger partial charge < -0.3 is 20.9 Å². The summed E-state index contributed by atoms with van der Waals surface area (Å²) in [6, 6.07) is 6.83. The third kappa shape index (κ3) is 5.17. The number of benzene rings is 1. The fourth-order valence-corrected chi connectivity index (χ4v) is 2.30.